The van der Waals surface area contributed by atoms with Gasteiger partial charge in [-0.05, 0) is 35.0 Å². The van der Waals surface area contributed by atoms with Gasteiger partial charge in [-0.25, -0.2) is 0 Å². The van der Waals surface area contributed by atoms with E-state index < -0.39 is 0 Å². The molecule has 1 aromatic heterocycles. The Kier molecular flexibility index (Phi) is 3.88. The lowest BCUT2D eigenvalue weighted by molar-refractivity contribution is 0.589. The number of hydrogen-bond donors (Lipinski definition) is 1. The van der Waals surface area contributed by atoms with E-state index in [-0.39, 0.29) is 5.41 Å². The van der Waals surface area contributed by atoms with E-state index in [1.54, 1.807) is 11.3 Å². The summed E-state index contributed by atoms with van der Waals surface area (Å²) in [4.78, 5) is 1.36. The van der Waals surface area contributed by atoms with Crippen LogP contribution in [0.1, 0.15) is 42.8 Å². The fraction of sp³-hybridized carbons (Fsp3) is 0.375. The highest BCUT2D eigenvalue weighted by Crippen LogP contribution is 2.28. The van der Waals surface area contributed by atoms with Gasteiger partial charge in [0.05, 0.1) is 6.04 Å². The van der Waals surface area contributed by atoms with Gasteiger partial charge in [0.2, 0.25) is 0 Å². The Hall–Kier alpha value is -1.12. The Balaban J connectivity index is 2.28. The molecule has 1 atom stereocenters. The summed E-state index contributed by atoms with van der Waals surface area (Å²) in [6.45, 7) is 6.74. The zero-order chi connectivity index (χ0) is 13.2. The van der Waals surface area contributed by atoms with Gasteiger partial charge in [0, 0.05) is 4.88 Å². The van der Waals surface area contributed by atoms with Crippen molar-refractivity contribution >= 4 is 11.3 Å². The van der Waals surface area contributed by atoms with Crippen molar-refractivity contribution in [3.05, 3.63) is 57.8 Å². The van der Waals surface area contributed by atoms with Gasteiger partial charge in [-0.2, -0.15) is 0 Å². The summed E-state index contributed by atoms with van der Waals surface area (Å²) in [7, 11) is 2.02. The molecule has 96 valence electrons. The summed E-state index contributed by atoms with van der Waals surface area (Å²) in [5.74, 6) is 0. The summed E-state index contributed by atoms with van der Waals surface area (Å²) >= 11 is 1.80. The Labute approximate surface area is 114 Å². The van der Waals surface area contributed by atoms with Gasteiger partial charge in [0.1, 0.15) is 0 Å². The summed E-state index contributed by atoms with van der Waals surface area (Å²) in [5.41, 5.74) is 2.93. The molecule has 2 rings (SSSR count). The molecule has 0 fully saturated rings. The highest BCUT2D eigenvalue weighted by atomic mass is 32.1. The predicted octanol–water partition coefficient (Wildman–Crippen LogP) is 4.35. The monoisotopic (exact) mass is 259 g/mol. The van der Waals surface area contributed by atoms with Crippen LogP contribution >= 0.6 is 11.3 Å². The minimum Gasteiger partial charge on any atom is -0.309 e. The fourth-order valence-corrected chi connectivity index (χ4v) is 2.97. The Morgan fingerprint density at radius 2 is 1.72 bits per heavy atom. The highest BCUT2D eigenvalue weighted by Gasteiger charge is 2.16. The van der Waals surface area contributed by atoms with Crippen molar-refractivity contribution < 1.29 is 0 Å². The maximum Gasteiger partial charge on any atom is 0.0668 e. The van der Waals surface area contributed by atoms with Gasteiger partial charge in [-0.3, -0.25) is 0 Å². The van der Waals surface area contributed by atoms with Crippen LogP contribution in [0, 0.1) is 0 Å². The number of thiophene rings is 1. The van der Waals surface area contributed by atoms with E-state index in [1.807, 2.05) is 7.05 Å². The minimum absolute atomic E-state index is 0.219. The molecule has 0 aliphatic carbocycles. The normalized spacial score (nSPS) is 13.6. The first-order valence-electron chi connectivity index (χ1n) is 6.33. The molecule has 0 saturated heterocycles. The van der Waals surface area contributed by atoms with E-state index in [2.05, 4.69) is 67.9 Å². The molecule has 0 bridgehead atoms. The Bertz CT molecular complexity index is 477. The van der Waals surface area contributed by atoms with Crippen LogP contribution in [-0.2, 0) is 5.41 Å². The van der Waals surface area contributed by atoms with Crippen molar-refractivity contribution in [1.82, 2.24) is 5.32 Å². The fourth-order valence-electron chi connectivity index (χ4n) is 2.10. The average Bonchev–Trinajstić information content (AvgIpc) is 2.83. The first-order valence-corrected chi connectivity index (χ1v) is 7.21. The molecule has 1 nitrogen and oxygen atoms in total. The maximum absolute atomic E-state index is 3.39. The number of benzene rings is 1. The molecule has 18 heavy (non-hydrogen) atoms. The van der Waals surface area contributed by atoms with Crippen LogP contribution in [0.15, 0.2) is 41.8 Å². The third kappa shape index (κ3) is 2.82. The van der Waals surface area contributed by atoms with Gasteiger partial charge in [-0.15, -0.1) is 11.3 Å². The average molecular weight is 259 g/mol. The van der Waals surface area contributed by atoms with Crippen LogP contribution < -0.4 is 5.32 Å². The molecule has 0 aliphatic heterocycles. The highest BCUT2D eigenvalue weighted by molar-refractivity contribution is 7.10. The number of hydrogen-bond acceptors (Lipinski definition) is 2. The van der Waals surface area contributed by atoms with Crippen molar-refractivity contribution in [2.24, 2.45) is 0 Å². The topological polar surface area (TPSA) is 12.0 Å². The molecule has 1 aromatic carbocycles. The van der Waals surface area contributed by atoms with Crippen molar-refractivity contribution in [3.63, 3.8) is 0 Å². The Morgan fingerprint density at radius 1 is 1.06 bits per heavy atom. The van der Waals surface area contributed by atoms with Crippen LogP contribution in [0.25, 0.3) is 0 Å². The molecule has 1 N–H and O–H groups in total. The largest absolute Gasteiger partial charge is 0.309 e. The van der Waals surface area contributed by atoms with Crippen LogP contribution in [0.4, 0.5) is 0 Å². The predicted molar refractivity (Wildman–Crippen MR) is 80.4 cm³/mol. The molecular formula is C16H21NS. The minimum atomic E-state index is 0.219. The van der Waals surface area contributed by atoms with Crippen molar-refractivity contribution in [3.8, 4) is 0 Å². The first kappa shape index (κ1) is 13.3. The van der Waals surface area contributed by atoms with E-state index in [4.69, 9.17) is 0 Å². The van der Waals surface area contributed by atoms with Crippen molar-refractivity contribution in [1.29, 1.82) is 0 Å². The molecule has 1 heterocycles. The summed E-state index contributed by atoms with van der Waals surface area (Å²) < 4.78 is 0. The van der Waals surface area contributed by atoms with Crippen LogP contribution in [0.5, 0.6) is 0 Å². The zero-order valence-corrected chi connectivity index (χ0v) is 12.3. The summed E-state index contributed by atoms with van der Waals surface area (Å²) in [6.07, 6.45) is 0. The molecule has 0 aliphatic rings. The quantitative estimate of drug-likeness (QED) is 0.864. The second-order valence-corrected chi connectivity index (χ2v) is 6.59. The van der Waals surface area contributed by atoms with Crippen LogP contribution in [0.3, 0.4) is 0 Å². The van der Waals surface area contributed by atoms with Crippen LogP contribution in [-0.4, -0.2) is 7.05 Å². The van der Waals surface area contributed by atoms with E-state index in [1.165, 1.54) is 16.0 Å². The van der Waals surface area contributed by atoms with E-state index in [9.17, 15) is 0 Å². The maximum atomic E-state index is 3.39. The summed E-state index contributed by atoms with van der Waals surface area (Å²) in [5, 5.41) is 5.52. The number of nitrogens with one attached hydrogen (secondary N) is 1. The zero-order valence-electron chi connectivity index (χ0n) is 11.5. The van der Waals surface area contributed by atoms with Gasteiger partial charge in [0.15, 0.2) is 0 Å². The second-order valence-electron chi connectivity index (χ2n) is 5.61. The van der Waals surface area contributed by atoms with E-state index in [0.717, 1.165) is 0 Å². The molecule has 0 radical (unpaired) electrons. The Morgan fingerprint density at radius 3 is 2.17 bits per heavy atom. The lowest BCUT2D eigenvalue weighted by Gasteiger charge is -2.21. The molecular weight excluding hydrogens is 238 g/mol. The second kappa shape index (κ2) is 5.25. The molecule has 2 aromatic rings. The third-order valence-corrected chi connectivity index (χ3v) is 4.16. The van der Waals surface area contributed by atoms with Gasteiger partial charge in [-0.1, -0.05) is 51.1 Å². The van der Waals surface area contributed by atoms with E-state index in [0.29, 0.717) is 6.04 Å². The van der Waals surface area contributed by atoms with E-state index >= 15 is 0 Å². The van der Waals surface area contributed by atoms with Crippen LogP contribution in [0.2, 0.25) is 0 Å². The van der Waals surface area contributed by atoms with Gasteiger partial charge < -0.3 is 5.32 Å². The summed E-state index contributed by atoms with van der Waals surface area (Å²) in [6, 6.07) is 13.6. The molecule has 2 heteroatoms. The SMILES string of the molecule is CNC(c1ccc(C(C)(C)C)cc1)c1cccs1. The lowest BCUT2D eigenvalue weighted by Crippen LogP contribution is -2.17. The standard InChI is InChI=1S/C16H21NS/c1-16(2,3)13-9-7-12(8-10-13)15(17-4)14-6-5-11-18-14/h5-11,15,17H,1-4H3. The smallest absolute Gasteiger partial charge is 0.0668 e. The molecule has 0 amide bonds. The third-order valence-electron chi connectivity index (χ3n) is 3.23. The van der Waals surface area contributed by atoms with Gasteiger partial charge in [0.25, 0.3) is 0 Å². The molecule has 0 spiro atoms. The first-order chi connectivity index (χ1) is 8.52. The molecule has 0 saturated carbocycles. The van der Waals surface area contributed by atoms with Gasteiger partial charge >= 0.3 is 0 Å². The lowest BCUT2D eigenvalue weighted by atomic mass is 9.86. The molecule has 1 unspecified atom stereocenters. The number of rotatable bonds is 3. The van der Waals surface area contributed by atoms with Crippen molar-refractivity contribution in [2.75, 3.05) is 7.05 Å². The van der Waals surface area contributed by atoms with Crippen molar-refractivity contribution in [2.45, 2.75) is 32.2 Å².